The maximum absolute atomic E-state index is 4.44. The first-order valence-corrected chi connectivity index (χ1v) is 7.56. The molecule has 0 spiro atoms. The van der Waals surface area contributed by atoms with Crippen LogP contribution in [0.25, 0.3) is 10.6 Å². The number of nitrogens with zero attached hydrogens (tertiary/aromatic N) is 1. The van der Waals surface area contributed by atoms with E-state index >= 15 is 0 Å². The van der Waals surface area contributed by atoms with Crippen molar-refractivity contribution in [3.63, 3.8) is 0 Å². The summed E-state index contributed by atoms with van der Waals surface area (Å²) < 4.78 is 0. The number of H-pyrrole nitrogens is 1. The van der Waals surface area contributed by atoms with Gasteiger partial charge in [0.1, 0.15) is 0 Å². The molecular weight excluding hydrogens is 242 g/mol. The molecule has 0 bridgehead atoms. The van der Waals surface area contributed by atoms with Crippen molar-refractivity contribution in [1.29, 1.82) is 0 Å². The second-order valence-electron chi connectivity index (χ2n) is 5.11. The first-order valence-electron chi connectivity index (χ1n) is 6.68. The SMILES string of the molecule is Cc1csc(-c2cnc(NC3CCCCC3)[nH]2)c1. The van der Waals surface area contributed by atoms with Crippen LogP contribution >= 0.6 is 11.3 Å². The third-order valence-corrected chi connectivity index (χ3v) is 4.60. The molecule has 1 aliphatic rings. The average molecular weight is 261 g/mol. The Labute approximate surface area is 112 Å². The molecule has 0 aromatic carbocycles. The van der Waals surface area contributed by atoms with Crippen molar-refractivity contribution in [1.82, 2.24) is 9.97 Å². The van der Waals surface area contributed by atoms with Crippen LogP contribution < -0.4 is 5.32 Å². The van der Waals surface area contributed by atoms with Crippen molar-refractivity contribution >= 4 is 17.3 Å². The van der Waals surface area contributed by atoms with E-state index in [1.165, 1.54) is 42.5 Å². The van der Waals surface area contributed by atoms with Crippen molar-refractivity contribution in [2.24, 2.45) is 0 Å². The highest BCUT2D eigenvalue weighted by atomic mass is 32.1. The second-order valence-corrected chi connectivity index (χ2v) is 6.02. The van der Waals surface area contributed by atoms with Crippen molar-refractivity contribution in [2.45, 2.75) is 45.1 Å². The van der Waals surface area contributed by atoms with Gasteiger partial charge in [0, 0.05) is 6.04 Å². The molecule has 0 unspecified atom stereocenters. The lowest BCUT2D eigenvalue weighted by Crippen LogP contribution is -2.22. The summed E-state index contributed by atoms with van der Waals surface area (Å²) in [6.07, 6.45) is 8.54. The van der Waals surface area contributed by atoms with Gasteiger partial charge in [-0.2, -0.15) is 0 Å². The number of aromatic nitrogens is 2. The predicted octanol–water partition coefficient (Wildman–Crippen LogP) is 4.19. The molecule has 3 rings (SSSR count). The van der Waals surface area contributed by atoms with Crippen LogP contribution in [0.1, 0.15) is 37.7 Å². The number of imidazole rings is 1. The normalized spacial score (nSPS) is 16.9. The summed E-state index contributed by atoms with van der Waals surface area (Å²) in [5.74, 6) is 0.919. The number of hydrogen-bond donors (Lipinski definition) is 2. The minimum absolute atomic E-state index is 0.600. The zero-order valence-corrected chi connectivity index (χ0v) is 11.5. The molecule has 2 aromatic heterocycles. The third kappa shape index (κ3) is 2.58. The van der Waals surface area contributed by atoms with Crippen LogP contribution in [0, 0.1) is 6.92 Å². The first kappa shape index (κ1) is 11.8. The summed E-state index contributed by atoms with van der Waals surface area (Å²) in [5, 5.41) is 5.69. The van der Waals surface area contributed by atoms with E-state index in [0.29, 0.717) is 6.04 Å². The predicted molar refractivity (Wildman–Crippen MR) is 77.1 cm³/mol. The minimum atomic E-state index is 0.600. The summed E-state index contributed by atoms with van der Waals surface area (Å²) in [6.45, 7) is 2.12. The van der Waals surface area contributed by atoms with Gasteiger partial charge in [0.25, 0.3) is 0 Å². The smallest absolute Gasteiger partial charge is 0.200 e. The van der Waals surface area contributed by atoms with Gasteiger partial charge >= 0.3 is 0 Å². The number of aromatic amines is 1. The highest BCUT2D eigenvalue weighted by Crippen LogP contribution is 2.27. The Bertz CT molecular complexity index is 509. The van der Waals surface area contributed by atoms with Gasteiger partial charge in [0.05, 0.1) is 16.8 Å². The fourth-order valence-electron chi connectivity index (χ4n) is 2.53. The zero-order valence-electron chi connectivity index (χ0n) is 10.7. The summed E-state index contributed by atoms with van der Waals surface area (Å²) in [6, 6.07) is 2.80. The fraction of sp³-hybridized carbons (Fsp3) is 0.500. The Morgan fingerprint density at radius 1 is 1.33 bits per heavy atom. The van der Waals surface area contributed by atoms with Crippen LogP contribution in [0.15, 0.2) is 17.6 Å². The molecule has 1 aliphatic carbocycles. The molecule has 0 radical (unpaired) electrons. The largest absolute Gasteiger partial charge is 0.353 e. The molecule has 2 N–H and O–H groups in total. The van der Waals surface area contributed by atoms with Crippen molar-refractivity contribution in [3.8, 4) is 10.6 Å². The molecule has 18 heavy (non-hydrogen) atoms. The quantitative estimate of drug-likeness (QED) is 0.869. The van der Waals surface area contributed by atoms with E-state index in [2.05, 4.69) is 33.7 Å². The molecule has 96 valence electrons. The third-order valence-electron chi connectivity index (χ3n) is 3.52. The van der Waals surface area contributed by atoms with Gasteiger partial charge in [-0.25, -0.2) is 4.98 Å². The number of nitrogens with one attached hydrogen (secondary N) is 2. The lowest BCUT2D eigenvalue weighted by molar-refractivity contribution is 0.461. The number of aryl methyl sites for hydroxylation is 1. The Balaban J connectivity index is 1.69. The molecule has 3 nitrogen and oxygen atoms in total. The Morgan fingerprint density at radius 2 is 2.17 bits per heavy atom. The molecule has 1 saturated carbocycles. The Hall–Kier alpha value is -1.29. The summed E-state index contributed by atoms with van der Waals surface area (Å²) in [4.78, 5) is 9.08. The Morgan fingerprint density at radius 3 is 2.89 bits per heavy atom. The maximum atomic E-state index is 4.44. The van der Waals surface area contributed by atoms with E-state index < -0.39 is 0 Å². The summed E-state index contributed by atoms with van der Waals surface area (Å²) >= 11 is 1.76. The molecule has 0 atom stereocenters. The molecule has 2 heterocycles. The Kier molecular flexibility index (Phi) is 3.37. The van der Waals surface area contributed by atoms with Gasteiger partial charge in [0.15, 0.2) is 0 Å². The molecule has 0 aliphatic heterocycles. The highest BCUT2D eigenvalue weighted by molar-refractivity contribution is 7.13. The molecule has 4 heteroatoms. The topological polar surface area (TPSA) is 40.7 Å². The lowest BCUT2D eigenvalue weighted by Gasteiger charge is -2.22. The van der Waals surface area contributed by atoms with Gasteiger partial charge in [-0.15, -0.1) is 11.3 Å². The number of anilines is 1. The number of hydrogen-bond acceptors (Lipinski definition) is 3. The number of thiophene rings is 1. The van der Waals surface area contributed by atoms with Crippen LogP contribution in [0.3, 0.4) is 0 Å². The van der Waals surface area contributed by atoms with Crippen LogP contribution in [-0.2, 0) is 0 Å². The van der Waals surface area contributed by atoms with Crippen molar-refractivity contribution in [2.75, 3.05) is 5.32 Å². The first-order chi connectivity index (χ1) is 8.81. The van der Waals surface area contributed by atoms with E-state index in [0.717, 1.165) is 11.6 Å². The molecular formula is C14H19N3S. The molecule has 0 amide bonds. The number of rotatable bonds is 3. The van der Waals surface area contributed by atoms with E-state index in [-0.39, 0.29) is 0 Å². The van der Waals surface area contributed by atoms with Gasteiger partial charge in [-0.05, 0) is 36.8 Å². The van der Waals surface area contributed by atoms with Gasteiger partial charge < -0.3 is 10.3 Å². The van der Waals surface area contributed by atoms with E-state index in [4.69, 9.17) is 0 Å². The van der Waals surface area contributed by atoms with E-state index in [9.17, 15) is 0 Å². The van der Waals surface area contributed by atoms with Crippen LogP contribution in [-0.4, -0.2) is 16.0 Å². The van der Waals surface area contributed by atoms with Crippen LogP contribution in [0.2, 0.25) is 0 Å². The maximum Gasteiger partial charge on any atom is 0.200 e. The van der Waals surface area contributed by atoms with Crippen molar-refractivity contribution < 1.29 is 0 Å². The van der Waals surface area contributed by atoms with Crippen LogP contribution in [0.4, 0.5) is 5.95 Å². The second kappa shape index (κ2) is 5.14. The monoisotopic (exact) mass is 261 g/mol. The van der Waals surface area contributed by atoms with Gasteiger partial charge in [0.2, 0.25) is 5.95 Å². The van der Waals surface area contributed by atoms with E-state index in [1.54, 1.807) is 11.3 Å². The summed E-state index contributed by atoms with van der Waals surface area (Å²) in [5.41, 5.74) is 2.43. The highest BCUT2D eigenvalue weighted by Gasteiger charge is 2.14. The zero-order chi connectivity index (χ0) is 12.4. The van der Waals surface area contributed by atoms with Gasteiger partial charge in [-0.1, -0.05) is 19.3 Å². The average Bonchev–Trinajstić information content (AvgIpc) is 2.99. The van der Waals surface area contributed by atoms with Gasteiger partial charge in [-0.3, -0.25) is 0 Å². The summed E-state index contributed by atoms with van der Waals surface area (Å²) in [7, 11) is 0. The standard InChI is InChI=1S/C14H19N3S/c1-10-7-13(18-9-10)12-8-15-14(17-12)16-11-5-3-2-4-6-11/h7-9,11H,2-6H2,1H3,(H2,15,16,17). The fourth-order valence-corrected chi connectivity index (χ4v) is 3.40. The van der Waals surface area contributed by atoms with E-state index in [1.807, 2.05) is 6.20 Å². The molecule has 1 fully saturated rings. The van der Waals surface area contributed by atoms with Crippen molar-refractivity contribution in [3.05, 3.63) is 23.2 Å². The lowest BCUT2D eigenvalue weighted by atomic mass is 9.96. The molecule has 2 aromatic rings. The molecule has 0 saturated heterocycles. The minimum Gasteiger partial charge on any atom is -0.353 e. The van der Waals surface area contributed by atoms with Crippen LogP contribution in [0.5, 0.6) is 0 Å².